The van der Waals surface area contributed by atoms with Crippen LogP contribution in [0.3, 0.4) is 0 Å². The molecule has 0 fully saturated rings. The Bertz CT molecular complexity index is 1590. The van der Waals surface area contributed by atoms with E-state index in [9.17, 15) is 19.5 Å². The SMILES string of the molecule is CC(=NNC(=O)c1ccc(C(=O)NCc2cccc(C(N)=O)c2)s1)c1csc(-c2ccc(C(C)(C)C)cc2)c1O. The highest BCUT2D eigenvalue weighted by molar-refractivity contribution is 7.16. The van der Waals surface area contributed by atoms with Crippen LogP contribution in [-0.2, 0) is 12.0 Å². The minimum Gasteiger partial charge on any atom is -0.506 e. The fourth-order valence-electron chi connectivity index (χ4n) is 3.87. The van der Waals surface area contributed by atoms with Crippen molar-refractivity contribution in [1.29, 1.82) is 0 Å². The van der Waals surface area contributed by atoms with Gasteiger partial charge in [0.25, 0.3) is 11.8 Å². The lowest BCUT2D eigenvalue weighted by molar-refractivity contribution is 0.0950. The van der Waals surface area contributed by atoms with Crippen LogP contribution in [0, 0.1) is 0 Å². The lowest BCUT2D eigenvalue weighted by atomic mass is 9.86. The van der Waals surface area contributed by atoms with E-state index >= 15 is 0 Å². The maximum Gasteiger partial charge on any atom is 0.281 e. The summed E-state index contributed by atoms with van der Waals surface area (Å²) in [6.07, 6.45) is 0. The lowest BCUT2D eigenvalue weighted by Gasteiger charge is -2.19. The predicted octanol–water partition coefficient (Wildman–Crippen LogP) is 5.66. The first-order valence-electron chi connectivity index (χ1n) is 12.5. The molecule has 0 atom stereocenters. The van der Waals surface area contributed by atoms with Crippen LogP contribution >= 0.6 is 22.7 Å². The lowest BCUT2D eigenvalue weighted by Crippen LogP contribution is -2.22. The Hall–Kier alpha value is -4.28. The Morgan fingerprint density at radius 2 is 1.65 bits per heavy atom. The van der Waals surface area contributed by atoms with Gasteiger partial charge >= 0.3 is 0 Å². The molecule has 0 aliphatic rings. The fourth-order valence-corrected chi connectivity index (χ4v) is 5.69. The van der Waals surface area contributed by atoms with E-state index in [1.54, 1.807) is 48.7 Å². The number of hydrazone groups is 1. The monoisotopic (exact) mass is 574 g/mol. The van der Waals surface area contributed by atoms with Crippen LogP contribution in [0.25, 0.3) is 10.4 Å². The molecule has 0 aliphatic heterocycles. The number of aromatic hydroxyl groups is 1. The van der Waals surface area contributed by atoms with E-state index < -0.39 is 11.8 Å². The van der Waals surface area contributed by atoms with Crippen molar-refractivity contribution in [3.8, 4) is 16.2 Å². The average Bonchev–Trinajstić information content (AvgIpc) is 3.57. The molecular formula is C30H30N4O4S2. The summed E-state index contributed by atoms with van der Waals surface area (Å²) in [4.78, 5) is 38.0. The van der Waals surface area contributed by atoms with E-state index in [1.807, 2.05) is 12.1 Å². The summed E-state index contributed by atoms with van der Waals surface area (Å²) in [6, 6.07) is 17.9. The second-order valence-electron chi connectivity index (χ2n) is 10.2. The van der Waals surface area contributed by atoms with Gasteiger partial charge in [-0.05, 0) is 53.3 Å². The molecule has 0 saturated carbocycles. The number of nitrogens with zero attached hydrogens (tertiary/aromatic N) is 1. The molecule has 2 aromatic carbocycles. The zero-order valence-electron chi connectivity index (χ0n) is 22.6. The number of carbonyl (C=O) groups is 3. The second-order valence-corrected chi connectivity index (χ2v) is 12.2. The van der Waals surface area contributed by atoms with E-state index in [2.05, 4.69) is 48.7 Å². The van der Waals surface area contributed by atoms with Crippen molar-refractivity contribution >= 4 is 46.1 Å². The Labute approximate surface area is 240 Å². The zero-order valence-corrected chi connectivity index (χ0v) is 24.2. The summed E-state index contributed by atoms with van der Waals surface area (Å²) < 4.78 is 0. The molecule has 8 nitrogen and oxygen atoms in total. The molecule has 3 amide bonds. The third-order valence-corrected chi connectivity index (χ3v) is 8.31. The van der Waals surface area contributed by atoms with E-state index in [-0.39, 0.29) is 23.6 Å². The summed E-state index contributed by atoms with van der Waals surface area (Å²) in [5.74, 6) is -1.24. The first-order valence-corrected chi connectivity index (χ1v) is 14.2. The number of nitrogens with one attached hydrogen (secondary N) is 2. The molecule has 0 unspecified atom stereocenters. The summed E-state index contributed by atoms with van der Waals surface area (Å²) in [5.41, 5.74) is 12.0. The molecule has 10 heteroatoms. The maximum atomic E-state index is 12.7. The van der Waals surface area contributed by atoms with Crippen molar-refractivity contribution < 1.29 is 19.5 Å². The molecule has 0 bridgehead atoms. The van der Waals surface area contributed by atoms with Crippen LogP contribution < -0.4 is 16.5 Å². The Morgan fingerprint density at radius 1 is 0.975 bits per heavy atom. The van der Waals surface area contributed by atoms with Gasteiger partial charge in [0, 0.05) is 17.5 Å². The van der Waals surface area contributed by atoms with Crippen LogP contribution in [0.1, 0.15) is 74.1 Å². The Morgan fingerprint density at radius 3 is 2.30 bits per heavy atom. The summed E-state index contributed by atoms with van der Waals surface area (Å²) in [7, 11) is 0. The highest BCUT2D eigenvalue weighted by Crippen LogP contribution is 2.39. The minimum atomic E-state index is -0.541. The normalized spacial score (nSPS) is 11.8. The van der Waals surface area contributed by atoms with Gasteiger partial charge in [0.2, 0.25) is 5.91 Å². The summed E-state index contributed by atoms with van der Waals surface area (Å²) in [5, 5.41) is 19.6. The first-order chi connectivity index (χ1) is 18.9. The quantitative estimate of drug-likeness (QED) is 0.160. The van der Waals surface area contributed by atoms with Gasteiger partial charge in [-0.3, -0.25) is 14.4 Å². The largest absolute Gasteiger partial charge is 0.506 e. The first kappa shape index (κ1) is 28.7. The van der Waals surface area contributed by atoms with Gasteiger partial charge < -0.3 is 16.2 Å². The van der Waals surface area contributed by atoms with Gasteiger partial charge in [0.15, 0.2) is 0 Å². The molecule has 0 spiro atoms. The third kappa shape index (κ3) is 6.64. The number of carbonyl (C=O) groups excluding carboxylic acids is 3. The smallest absolute Gasteiger partial charge is 0.281 e. The van der Waals surface area contributed by atoms with Gasteiger partial charge in [0.1, 0.15) is 5.75 Å². The molecule has 0 radical (unpaired) electrons. The van der Waals surface area contributed by atoms with E-state index in [0.29, 0.717) is 26.6 Å². The Kier molecular flexibility index (Phi) is 8.51. The van der Waals surface area contributed by atoms with Crippen LogP contribution in [0.5, 0.6) is 5.75 Å². The summed E-state index contributed by atoms with van der Waals surface area (Å²) in [6.45, 7) is 8.36. The number of benzene rings is 2. The van der Waals surface area contributed by atoms with E-state index in [0.717, 1.165) is 27.3 Å². The molecule has 206 valence electrons. The number of nitrogens with two attached hydrogens (primary N) is 1. The predicted molar refractivity (Wildman–Crippen MR) is 160 cm³/mol. The van der Waals surface area contributed by atoms with Crippen LogP contribution in [-0.4, -0.2) is 28.5 Å². The van der Waals surface area contributed by atoms with Crippen molar-refractivity contribution in [2.45, 2.75) is 39.7 Å². The van der Waals surface area contributed by atoms with Crippen molar-refractivity contribution in [2.75, 3.05) is 0 Å². The Balaban J connectivity index is 1.38. The third-order valence-electron chi connectivity index (χ3n) is 6.21. The number of amides is 3. The van der Waals surface area contributed by atoms with Crippen molar-refractivity contribution in [1.82, 2.24) is 10.7 Å². The van der Waals surface area contributed by atoms with E-state index in [4.69, 9.17) is 5.73 Å². The van der Waals surface area contributed by atoms with E-state index in [1.165, 1.54) is 16.9 Å². The van der Waals surface area contributed by atoms with Crippen LogP contribution in [0.15, 0.2) is 71.1 Å². The number of hydrogen-bond donors (Lipinski definition) is 4. The molecule has 2 heterocycles. The number of rotatable bonds is 8. The number of primary amides is 1. The highest BCUT2D eigenvalue weighted by atomic mass is 32.1. The number of thiophene rings is 2. The molecule has 40 heavy (non-hydrogen) atoms. The van der Waals surface area contributed by atoms with Gasteiger partial charge in [0.05, 0.1) is 25.9 Å². The van der Waals surface area contributed by atoms with Gasteiger partial charge in [-0.1, -0.05) is 57.2 Å². The fraction of sp³-hybridized carbons (Fsp3) is 0.200. The number of hydrogen-bond acceptors (Lipinski definition) is 7. The van der Waals surface area contributed by atoms with Gasteiger partial charge in [-0.25, -0.2) is 5.43 Å². The molecule has 5 N–H and O–H groups in total. The molecule has 0 aliphatic carbocycles. The minimum absolute atomic E-state index is 0.0373. The maximum absolute atomic E-state index is 12.7. The summed E-state index contributed by atoms with van der Waals surface area (Å²) >= 11 is 2.44. The van der Waals surface area contributed by atoms with Gasteiger partial charge in [-0.15, -0.1) is 22.7 Å². The molecule has 4 aromatic rings. The average molecular weight is 575 g/mol. The topological polar surface area (TPSA) is 134 Å². The molecule has 4 rings (SSSR count). The molecule has 2 aromatic heterocycles. The van der Waals surface area contributed by atoms with Crippen molar-refractivity contribution in [2.24, 2.45) is 10.8 Å². The van der Waals surface area contributed by atoms with Crippen molar-refractivity contribution in [3.63, 3.8) is 0 Å². The van der Waals surface area contributed by atoms with Gasteiger partial charge in [-0.2, -0.15) is 5.10 Å². The molecular weight excluding hydrogens is 544 g/mol. The highest BCUT2D eigenvalue weighted by Gasteiger charge is 2.18. The van der Waals surface area contributed by atoms with Crippen LogP contribution in [0.4, 0.5) is 0 Å². The second kappa shape index (κ2) is 11.8. The standard InChI is InChI=1S/C30H30N4O4S2/c1-17(22-16-39-26(25(22)35)19-8-10-21(11-9-19)30(2,3)4)33-34-29(38)24-13-12-23(40-24)28(37)32-15-18-6-5-7-20(14-18)27(31)36/h5-14,16,35H,15H2,1-4H3,(H2,31,36)(H,32,37)(H,34,38). The van der Waals surface area contributed by atoms with Crippen molar-refractivity contribution in [3.05, 3.63) is 98.1 Å². The zero-order chi connectivity index (χ0) is 29.0. The van der Waals surface area contributed by atoms with Crippen LogP contribution in [0.2, 0.25) is 0 Å². The molecule has 0 saturated heterocycles.